The molecule has 7 heteroatoms. The summed E-state index contributed by atoms with van der Waals surface area (Å²) in [4.78, 5) is 31.6. The molecule has 8 atom stereocenters. The van der Waals surface area contributed by atoms with Gasteiger partial charge in [0, 0.05) is 28.8 Å². The zero-order chi connectivity index (χ0) is 29.9. The van der Waals surface area contributed by atoms with E-state index < -0.39 is 20.6 Å². The Balaban J connectivity index is 1.47. The van der Waals surface area contributed by atoms with Crippen molar-refractivity contribution in [2.24, 2.45) is 54.6 Å². The summed E-state index contributed by atoms with van der Waals surface area (Å²) in [5.74, 6) is 0.759. The normalized spacial score (nSPS) is 44.8. The number of carbonyl (C=O) groups is 2. The van der Waals surface area contributed by atoms with Crippen LogP contribution in [0.5, 0.6) is 0 Å². The van der Waals surface area contributed by atoms with Crippen LogP contribution in [0.4, 0.5) is 0 Å². The number of fused-ring (bicyclic) bond motifs is 7. The van der Waals surface area contributed by atoms with Gasteiger partial charge in [-0.05, 0) is 104 Å². The van der Waals surface area contributed by atoms with Gasteiger partial charge in [-0.2, -0.15) is 5.26 Å². The minimum absolute atomic E-state index is 0.0451. The number of nitrogens with zero attached hydrogens (tertiary/aromatic N) is 3. The first-order valence-corrected chi connectivity index (χ1v) is 17.6. The lowest BCUT2D eigenvalue weighted by molar-refractivity contribution is -0.169. The van der Waals surface area contributed by atoms with Crippen molar-refractivity contribution >= 4 is 21.3 Å². The number of rotatable bonds is 3. The molecule has 6 rings (SSSR count). The van der Waals surface area contributed by atoms with Gasteiger partial charge in [0.2, 0.25) is 11.9 Å². The smallest absolute Gasteiger partial charge is 0.226 e. The van der Waals surface area contributed by atoms with Crippen molar-refractivity contribution in [3.05, 3.63) is 34.8 Å². The first kappa shape index (κ1) is 28.9. The zero-order valence-corrected chi connectivity index (χ0v) is 26.5. The van der Waals surface area contributed by atoms with E-state index in [-0.39, 0.29) is 51.3 Å². The van der Waals surface area contributed by atoms with Crippen molar-refractivity contribution in [2.45, 2.75) is 98.8 Å². The van der Waals surface area contributed by atoms with Crippen molar-refractivity contribution in [1.29, 1.82) is 5.26 Å². The van der Waals surface area contributed by atoms with Gasteiger partial charge in [0.05, 0.1) is 16.3 Å². The number of allylic oxidation sites excluding steroid dienone is 4. The Hall–Kier alpha value is -2.25. The molecule has 6 aliphatic rings. The fraction of sp³-hybridized carbons (Fsp3) is 0.765. The molecule has 4 saturated carbocycles. The molecule has 41 heavy (non-hydrogen) atoms. The first-order chi connectivity index (χ1) is 19.0. The van der Waals surface area contributed by atoms with E-state index in [2.05, 4.69) is 30.0 Å². The molecule has 0 saturated heterocycles. The van der Waals surface area contributed by atoms with Crippen LogP contribution in [0.2, 0.25) is 0 Å². The molecule has 6 aliphatic carbocycles. The Bertz CT molecular complexity index is 1510. The van der Waals surface area contributed by atoms with E-state index in [0.717, 1.165) is 50.5 Å². The molecule has 0 amide bonds. The highest BCUT2D eigenvalue weighted by Gasteiger charge is 2.70. The molecular weight excluding hydrogens is 530 g/mol. The van der Waals surface area contributed by atoms with Crippen molar-refractivity contribution in [3.63, 3.8) is 0 Å². The maximum Gasteiger partial charge on any atom is 0.226 e. The molecule has 0 aromatic heterocycles. The van der Waals surface area contributed by atoms with E-state index in [1.54, 1.807) is 12.4 Å². The van der Waals surface area contributed by atoms with Crippen LogP contribution in [-0.2, 0) is 19.3 Å². The second-order valence-corrected chi connectivity index (χ2v) is 18.5. The van der Waals surface area contributed by atoms with E-state index in [1.807, 2.05) is 26.0 Å². The molecular formula is C34H45N3O3S. The summed E-state index contributed by atoms with van der Waals surface area (Å²) in [6.45, 7) is 18.7. The monoisotopic (exact) mass is 575 g/mol. The second-order valence-electron chi connectivity index (χ2n) is 16.0. The van der Waals surface area contributed by atoms with Gasteiger partial charge < -0.3 is 4.79 Å². The van der Waals surface area contributed by atoms with Gasteiger partial charge >= 0.3 is 0 Å². The number of Topliss-reactive ketones (excluding diaryl/α,β-unsaturated/α-hetero) is 1. The van der Waals surface area contributed by atoms with Gasteiger partial charge in [-0.15, -0.1) is 4.36 Å². The molecule has 4 fully saturated rings. The maximum atomic E-state index is 14.6. The fourth-order valence-corrected chi connectivity index (χ4v) is 12.1. The molecule has 0 bridgehead atoms. The summed E-state index contributed by atoms with van der Waals surface area (Å²) in [5.41, 5.74) is 0.0637. The minimum Gasteiger partial charge on any atom is -0.307 e. The minimum atomic E-state index is -2.58. The Kier molecular flexibility index (Phi) is 6.09. The van der Waals surface area contributed by atoms with Crippen LogP contribution in [-0.4, -0.2) is 27.8 Å². The molecule has 0 heterocycles. The second kappa shape index (κ2) is 8.66. The zero-order valence-electron chi connectivity index (χ0n) is 25.6. The van der Waals surface area contributed by atoms with E-state index >= 15 is 0 Å². The summed E-state index contributed by atoms with van der Waals surface area (Å²) in [5, 5.41) is 9.10. The average molecular weight is 576 g/mol. The number of hydrogen-bond donors (Lipinski definition) is 0. The molecule has 6 nitrogen and oxygen atoms in total. The molecule has 0 N–H and O–H groups in total. The van der Waals surface area contributed by atoms with Crippen LogP contribution in [0.1, 0.15) is 98.8 Å². The number of ketones is 2. The van der Waals surface area contributed by atoms with Crippen LogP contribution in [0.3, 0.4) is 0 Å². The van der Waals surface area contributed by atoms with Crippen LogP contribution in [0, 0.1) is 68.3 Å². The summed E-state index contributed by atoms with van der Waals surface area (Å²) < 4.78 is 16.8. The van der Waals surface area contributed by atoms with Gasteiger partial charge in [-0.3, -0.25) is 4.79 Å². The lowest BCUT2D eigenvalue weighted by Gasteiger charge is -2.69. The lowest BCUT2D eigenvalue weighted by Crippen LogP contribution is -2.64. The van der Waals surface area contributed by atoms with Gasteiger partial charge in [0.25, 0.3) is 0 Å². The third-order valence-electron chi connectivity index (χ3n) is 13.9. The summed E-state index contributed by atoms with van der Waals surface area (Å²) in [6.07, 6.45) is 17.6. The first-order valence-electron chi connectivity index (χ1n) is 15.5. The van der Waals surface area contributed by atoms with Gasteiger partial charge in [0.15, 0.2) is 11.6 Å². The number of hydrogen-bond acceptors (Lipinski definition) is 5. The van der Waals surface area contributed by atoms with Crippen molar-refractivity contribution < 1.29 is 13.8 Å². The van der Waals surface area contributed by atoms with E-state index in [1.165, 1.54) is 19.3 Å². The summed E-state index contributed by atoms with van der Waals surface area (Å²) in [6, 6.07) is 0. The summed E-state index contributed by atoms with van der Waals surface area (Å²) >= 11 is 0. The SMILES string of the molecule is [C-]#[N+]C1=C[C@]2(C)C3=CC(=O)[C@@H]4[C@@H]5CC6(CC6)CC[C@]5(CCS(C)(=O)=NC#N)CC[C@@]4(C)[C@]3(C)CC[C@H]2C(C)(C)C1=O. The van der Waals surface area contributed by atoms with Crippen LogP contribution >= 0.6 is 0 Å². The van der Waals surface area contributed by atoms with E-state index in [4.69, 9.17) is 11.8 Å². The predicted octanol–water partition coefficient (Wildman–Crippen LogP) is 7.28. The molecule has 1 unspecified atom stereocenters. The third kappa shape index (κ3) is 3.80. The highest BCUT2D eigenvalue weighted by molar-refractivity contribution is 7.93. The molecule has 220 valence electrons. The van der Waals surface area contributed by atoms with Gasteiger partial charge in [-0.25, -0.2) is 9.05 Å². The Morgan fingerprint density at radius 1 is 1.07 bits per heavy atom. The number of nitriles is 1. The van der Waals surface area contributed by atoms with Crippen LogP contribution in [0.25, 0.3) is 4.85 Å². The van der Waals surface area contributed by atoms with Crippen molar-refractivity contribution in [1.82, 2.24) is 0 Å². The molecule has 0 aromatic carbocycles. The molecule has 0 aromatic rings. The highest BCUT2D eigenvalue weighted by atomic mass is 32.2. The Morgan fingerprint density at radius 3 is 2.37 bits per heavy atom. The van der Waals surface area contributed by atoms with E-state index in [9.17, 15) is 13.8 Å². The quantitative estimate of drug-likeness (QED) is 0.261. The topological polar surface area (TPSA) is 91.7 Å². The van der Waals surface area contributed by atoms with Crippen molar-refractivity contribution in [3.8, 4) is 6.19 Å². The van der Waals surface area contributed by atoms with Crippen molar-refractivity contribution in [2.75, 3.05) is 12.0 Å². The molecule has 0 aliphatic heterocycles. The Morgan fingerprint density at radius 2 is 1.73 bits per heavy atom. The Labute approximate surface area is 246 Å². The average Bonchev–Trinajstić information content (AvgIpc) is 3.66. The maximum absolute atomic E-state index is 14.6. The van der Waals surface area contributed by atoms with Gasteiger partial charge in [-0.1, -0.05) is 46.3 Å². The van der Waals surface area contributed by atoms with Crippen LogP contribution in [0.15, 0.2) is 27.8 Å². The standard InChI is InChI=1S/C34H45N3O3S/c1-29(2)25-8-9-31(4)26(30(25,3)20-23(36-6)28(29)39)18-24(38)27-22-19-33(11-12-33)13-15-34(22,14-10-32(27,31)5)16-17-41(7,40)37-21-35/h18,20,22,25,27H,8-17,19H2,1-5,7H3/t22-,25-,27-,30-,31+,32+,34-,41?/m0/s1. The van der Waals surface area contributed by atoms with Gasteiger partial charge in [0.1, 0.15) is 0 Å². The van der Waals surface area contributed by atoms with E-state index in [0.29, 0.717) is 11.2 Å². The molecule has 0 radical (unpaired) electrons. The largest absolute Gasteiger partial charge is 0.307 e. The predicted molar refractivity (Wildman–Crippen MR) is 159 cm³/mol. The highest BCUT2D eigenvalue weighted by Crippen LogP contribution is 2.76. The van der Waals surface area contributed by atoms with Crippen LogP contribution < -0.4 is 0 Å². The third-order valence-corrected chi connectivity index (χ3v) is 15.4. The lowest BCUT2D eigenvalue weighted by atomic mass is 9.34. The summed E-state index contributed by atoms with van der Waals surface area (Å²) in [7, 11) is -2.58. The molecule has 1 spiro atoms. The fourth-order valence-electron chi connectivity index (χ4n) is 11.1. The number of carbonyl (C=O) groups excluding carboxylic acids is 2.